The number of hydrogen-bond acceptors (Lipinski definition) is 3. The molecule has 3 rings (SSSR count). The van der Waals surface area contributed by atoms with Gasteiger partial charge < -0.3 is 10.1 Å². The summed E-state index contributed by atoms with van der Waals surface area (Å²) in [5.74, 6) is 0.694. The van der Waals surface area contributed by atoms with Crippen molar-refractivity contribution >= 4 is 10.8 Å². The number of hydrogen-bond donors (Lipinski definition) is 1. The van der Waals surface area contributed by atoms with E-state index in [2.05, 4.69) is 34.6 Å². The van der Waals surface area contributed by atoms with Gasteiger partial charge in [-0.25, -0.2) is 0 Å². The van der Waals surface area contributed by atoms with E-state index in [4.69, 9.17) is 4.74 Å². The van der Waals surface area contributed by atoms with Crippen LogP contribution in [0.2, 0.25) is 0 Å². The molecule has 100 valence electrons. The molecule has 1 aromatic carbocycles. The summed E-state index contributed by atoms with van der Waals surface area (Å²) in [6.07, 6.45) is 6.59. The summed E-state index contributed by atoms with van der Waals surface area (Å²) in [5, 5.41) is 5.89. The molecule has 0 aliphatic heterocycles. The quantitative estimate of drug-likeness (QED) is 0.893. The number of pyridine rings is 1. The van der Waals surface area contributed by atoms with Gasteiger partial charge in [-0.05, 0) is 42.8 Å². The molecule has 1 aliphatic rings. The lowest BCUT2D eigenvalue weighted by atomic mass is 9.94. The molecule has 2 atom stereocenters. The van der Waals surface area contributed by atoms with Crippen LogP contribution in [0.4, 0.5) is 0 Å². The second kappa shape index (κ2) is 5.27. The van der Waals surface area contributed by atoms with Gasteiger partial charge in [0, 0.05) is 24.9 Å². The molecule has 0 spiro atoms. The summed E-state index contributed by atoms with van der Waals surface area (Å²) in [6.45, 7) is 0. The number of fused-ring (bicyclic) bond motifs is 1. The van der Waals surface area contributed by atoms with E-state index in [-0.39, 0.29) is 12.1 Å². The molecule has 1 N–H and O–H groups in total. The van der Waals surface area contributed by atoms with Crippen molar-refractivity contribution < 1.29 is 4.74 Å². The Balaban J connectivity index is 2.05. The van der Waals surface area contributed by atoms with Crippen LogP contribution in [0, 0.1) is 5.92 Å². The minimum absolute atomic E-state index is 0.239. The van der Waals surface area contributed by atoms with Gasteiger partial charge in [-0.2, -0.15) is 0 Å². The number of methoxy groups -OCH3 is 1. The normalized spacial score (nSPS) is 18.4. The number of benzene rings is 1. The molecule has 2 aromatic rings. The van der Waals surface area contributed by atoms with Crippen molar-refractivity contribution in [2.45, 2.75) is 25.0 Å². The minimum atomic E-state index is 0.239. The summed E-state index contributed by atoms with van der Waals surface area (Å²) in [6, 6.07) is 8.73. The molecule has 19 heavy (non-hydrogen) atoms. The Hall–Kier alpha value is -1.45. The molecule has 0 saturated heterocycles. The maximum Gasteiger partial charge on any atom is 0.0794 e. The fourth-order valence-electron chi connectivity index (χ4n) is 2.94. The average molecular weight is 256 g/mol. The highest BCUT2D eigenvalue weighted by atomic mass is 16.5. The highest BCUT2D eigenvalue weighted by molar-refractivity contribution is 5.85. The Morgan fingerprint density at radius 3 is 2.84 bits per heavy atom. The van der Waals surface area contributed by atoms with Crippen LogP contribution >= 0.6 is 0 Å². The molecule has 0 radical (unpaired) electrons. The topological polar surface area (TPSA) is 34.2 Å². The van der Waals surface area contributed by atoms with Gasteiger partial charge >= 0.3 is 0 Å². The first kappa shape index (κ1) is 12.6. The smallest absolute Gasteiger partial charge is 0.0794 e. The zero-order valence-electron chi connectivity index (χ0n) is 11.5. The molecule has 0 amide bonds. The van der Waals surface area contributed by atoms with E-state index >= 15 is 0 Å². The Morgan fingerprint density at radius 1 is 1.32 bits per heavy atom. The lowest BCUT2D eigenvalue weighted by molar-refractivity contribution is 0.0534. The average Bonchev–Trinajstić information content (AvgIpc) is 3.29. The number of nitrogens with zero attached hydrogens (tertiary/aromatic N) is 1. The van der Waals surface area contributed by atoms with Crippen LogP contribution in [0.25, 0.3) is 10.8 Å². The maximum atomic E-state index is 5.75. The third-order valence-electron chi connectivity index (χ3n) is 4.05. The molecule has 1 saturated carbocycles. The van der Waals surface area contributed by atoms with Gasteiger partial charge in [0.2, 0.25) is 0 Å². The summed E-state index contributed by atoms with van der Waals surface area (Å²) >= 11 is 0. The zero-order chi connectivity index (χ0) is 13.2. The van der Waals surface area contributed by atoms with Crippen molar-refractivity contribution in [3.8, 4) is 0 Å². The largest absolute Gasteiger partial charge is 0.379 e. The SMILES string of the molecule is CNC(c1cccc2cnccc12)C(OC)C1CC1. The second-order valence-corrected chi connectivity index (χ2v) is 5.25. The van der Waals surface area contributed by atoms with Crippen LogP contribution in [0.15, 0.2) is 36.7 Å². The van der Waals surface area contributed by atoms with Gasteiger partial charge in [0.05, 0.1) is 12.1 Å². The monoisotopic (exact) mass is 256 g/mol. The van der Waals surface area contributed by atoms with E-state index in [1.165, 1.54) is 29.2 Å². The lowest BCUT2D eigenvalue weighted by Gasteiger charge is -2.27. The molecule has 3 nitrogen and oxygen atoms in total. The molecule has 3 heteroatoms. The molecule has 1 aromatic heterocycles. The van der Waals surface area contributed by atoms with Crippen LogP contribution in [0.1, 0.15) is 24.4 Å². The standard InChI is InChI=1S/C16H20N2O/c1-17-15(16(19-2)11-6-7-11)14-5-3-4-12-10-18-9-8-13(12)14/h3-5,8-11,15-17H,6-7H2,1-2H3. The van der Waals surface area contributed by atoms with Crippen molar-refractivity contribution in [2.75, 3.05) is 14.2 Å². The molecule has 1 aliphatic carbocycles. The van der Waals surface area contributed by atoms with Gasteiger partial charge in [-0.3, -0.25) is 4.98 Å². The second-order valence-electron chi connectivity index (χ2n) is 5.25. The van der Waals surface area contributed by atoms with Crippen LogP contribution in [-0.2, 0) is 4.74 Å². The highest BCUT2D eigenvalue weighted by Crippen LogP contribution is 2.40. The van der Waals surface area contributed by atoms with Crippen molar-refractivity contribution in [1.29, 1.82) is 0 Å². The summed E-state index contributed by atoms with van der Waals surface area (Å²) in [4.78, 5) is 4.20. The third kappa shape index (κ3) is 2.36. The van der Waals surface area contributed by atoms with Crippen LogP contribution in [-0.4, -0.2) is 25.2 Å². The number of nitrogens with one attached hydrogen (secondary N) is 1. The minimum Gasteiger partial charge on any atom is -0.379 e. The van der Waals surface area contributed by atoms with Crippen molar-refractivity contribution in [3.63, 3.8) is 0 Å². The van der Waals surface area contributed by atoms with Crippen molar-refractivity contribution in [1.82, 2.24) is 10.3 Å². The molecule has 1 fully saturated rings. The van der Waals surface area contributed by atoms with E-state index in [9.17, 15) is 0 Å². The lowest BCUT2D eigenvalue weighted by Crippen LogP contribution is -2.32. The number of ether oxygens (including phenoxy) is 1. The van der Waals surface area contributed by atoms with Gasteiger partial charge in [0.1, 0.15) is 0 Å². The van der Waals surface area contributed by atoms with E-state index in [0.29, 0.717) is 5.92 Å². The Labute approximate surface area is 114 Å². The zero-order valence-corrected chi connectivity index (χ0v) is 11.5. The van der Waals surface area contributed by atoms with Gasteiger partial charge in [-0.1, -0.05) is 18.2 Å². The van der Waals surface area contributed by atoms with Crippen molar-refractivity contribution in [3.05, 3.63) is 42.2 Å². The van der Waals surface area contributed by atoms with E-state index < -0.39 is 0 Å². The van der Waals surface area contributed by atoms with Gasteiger partial charge in [0.15, 0.2) is 0 Å². The Morgan fingerprint density at radius 2 is 2.16 bits per heavy atom. The van der Waals surface area contributed by atoms with Crippen LogP contribution < -0.4 is 5.32 Å². The molecular weight excluding hydrogens is 236 g/mol. The van der Waals surface area contributed by atoms with E-state index in [1.54, 1.807) is 0 Å². The van der Waals surface area contributed by atoms with Gasteiger partial charge in [0.25, 0.3) is 0 Å². The Kier molecular flexibility index (Phi) is 3.49. The fraction of sp³-hybridized carbons (Fsp3) is 0.438. The molecule has 1 heterocycles. The maximum absolute atomic E-state index is 5.75. The predicted molar refractivity (Wildman–Crippen MR) is 77.1 cm³/mol. The first-order valence-corrected chi connectivity index (χ1v) is 6.88. The van der Waals surface area contributed by atoms with Crippen molar-refractivity contribution in [2.24, 2.45) is 5.92 Å². The number of rotatable bonds is 5. The summed E-state index contributed by atoms with van der Waals surface area (Å²) in [5.41, 5.74) is 1.31. The number of likely N-dealkylation sites (N-methyl/N-ethyl adjacent to an activating group) is 1. The van der Waals surface area contributed by atoms with E-state index in [1.807, 2.05) is 26.6 Å². The molecular formula is C16H20N2O. The van der Waals surface area contributed by atoms with Gasteiger partial charge in [-0.15, -0.1) is 0 Å². The first-order valence-electron chi connectivity index (χ1n) is 6.88. The summed E-state index contributed by atoms with van der Waals surface area (Å²) in [7, 11) is 3.83. The third-order valence-corrected chi connectivity index (χ3v) is 4.05. The predicted octanol–water partition coefficient (Wildman–Crippen LogP) is 2.92. The molecule has 2 unspecified atom stereocenters. The molecule has 0 bridgehead atoms. The van der Waals surface area contributed by atoms with Crippen LogP contribution in [0.5, 0.6) is 0 Å². The first-order chi connectivity index (χ1) is 9.35. The Bertz CT molecular complexity index is 560. The number of aromatic nitrogens is 1. The summed E-state index contributed by atoms with van der Waals surface area (Å²) < 4.78 is 5.75. The van der Waals surface area contributed by atoms with Crippen LogP contribution in [0.3, 0.4) is 0 Å². The highest BCUT2D eigenvalue weighted by Gasteiger charge is 2.37. The van der Waals surface area contributed by atoms with E-state index in [0.717, 1.165) is 0 Å². The fourth-order valence-corrected chi connectivity index (χ4v) is 2.94.